The van der Waals surface area contributed by atoms with Gasteiger partial charge in [-0.15, -0.1) is 0 Å². The Hall–Kier alpha value is -1.05. The van der Waals surface area contributed by atoms with E-state index in [4.69, 9.17) is 4.74 Å². The van der Waals surface area contributed by atoms with Crippen LogP contribution in [0.5, 0.6) is 0 Å². The Balaban J connectivity index is 3.90. The second kappa shape index (κ2) is 6.65. The van der Waals surface area contributed by atoms with Crippen LogP contribution in [0.4, 0.5) is 4.39 Å². The van der Waals surface area contributed by atoms with Crippen LogP contribution < -0.4 is 0 Å². The van der Waals surface area contributed by atoms with Crippen LogP contribution in [-0.4, -0.2) is 6.61 Å². The summed E-state index contributed by atoms with van der Waals surface area (Å²) in [4.78, 5) is 0. The molecule has 0 spiro atoms. The van der Waals surface area contributed by atoms with Gasteiger partial charge in [0.05, 0.1) is 12.4 Å². The molecule has 0 saturated heterocycles. The van der Waals surface area contributed by atoms with Crippen molar-refractivity contribution in [3.05, 3.63) is 36.4 Å². The van der Waals surface area contributed by atoms with Crippen molar-refractivity contribution in [2.75, 3.05) is 6.61 Å². The average Bonchev–Trinajstić information content (AvgIpc) is 2.10. The van der Waals surface area contributed by atoms with Crippen molar-refractivity contribution in [3.8, 4) is 0 Å². The van der Waals surface area contributed by atoms with Gasteiger partial charge in [-0.2, -0.15) is 0 Å². The van der Waals surface area contributed by atoms with Crippen LogP contribution in [0.25, 0.3) is 0 Å². The third-order valence-electron chi connectivity index (χ3n) is 1.21. The summed E-state index contributed by atoms with van der Waals surface area (Å²) < 4.78 is 17.7. The first-order chi connectivity index (χ1) is 5.70. The molecule has 0 aromatic carbocycles. The molecule has 12 heavy (non-hydrogen) atoms. The van der Waals surface area contributed by atoms with Crippen LogP contribution in [0.1, 0.15) is 20.3 Å². The van der Waals surface area contributed by atoms with Crippen LogP contribution in [0.3, 0.4) is 0 Å². The monoisotopic (exact) mass is 170 g/mol. The molecular formula is C10H15FO. The normalized spacial score (nSPS) is 12.9. The first kappa shape index (κ1) is 11.0. The van der Waals surface area contributed by atoms with Gasteiger partial charge in [0.1, 0.15) is 5.83 Å². The maximum absolute atomic E-state index is 12.5. The van der Waals surface area contributed by atoms with E-state index in [2.05, 4.69) is 6.58 Å². The van der Waals surface area contributed by atoms with E-state index in [1.54, 1.807) is 13.0 Å². The number of rotatable bonds is 5. The van der Waals surface area contributed by atoms with Crippen LogP contribution in [0.2, 0.25) is 0 Å². The van der Waals surface area contributed by atoms with Gasteiger partial charge in [0.15, 0.2) is 0 Å². The fourth-order valence-corrected chi connectivity index (χ4v) is 0.576. The molecule has 0 unspecified atom stereocenters. The minimum atomic E-state index is -0.352. The quantitative estimate of drug-likeness (QED) is 0.454. The van der Waals surface area contributed by atoms with Gasteiger partial charge in [0, 0.05) is 0 Å². The molecule has 0 rings (SSSR count). The van der Waals surface area contributed by atoms with Crippen molar-refractivity contribution in [2.45, 2.75) is 20.3 Å². The highest BCUT2D eigenvalue weighted by molar-refractivity contribution is 5.16. The molecule has 0 atom stereocenters. The Labute approximate surface area is 73.2 Å². The molecule has 0 bridgehead atoms. The van der Waals surface area contributed by atoms with Gasteiger partial charge in [0.25, 0.3) is 0 Å². The van der Waals surface area contributed by atoms with Crippen molar-refractivity contribution in [3.63, 3.8) is 0 Å². The van der Waals surface area contributed by atoms with E-state index >= 15 is 0 Å². The largest absolute Gasteiger partial charge is 0.498 e. The van der Waals surface area contributed by atoms with Gasteiger partial charge in [-0.3, -0.25) is 0 Å². The molecular weight excluding hydrogens is 155 g/mol. The zero-order chi connectivity index (χ0) is 9.40. The second-order valence-electron chi connectivity index (χ2n) is 2.38. The van der Waals surface area contributed by atoms with E-state index < -0.39 is 0 Å². The van der Waals surface area contributed by atoms with Crippen molar-refractivity contribution in [2.24, 2.45) is 0 Å². The summed E-state index contributed by atoms with van der Waals surface area (Å²) in [5, 5.41) is 0. The molecule has 0 N–H and O–H groups in total. The first-order valence-electron chi connectivity index (χ1n) is 4.00. The second-order valence-corrected chi connectivity index (χ2v) is 2.38. The summed E-state index contributed by atoms with van der Waals surface area (Å²) >= 11 is 0. The maximum atomic E-state index is 12.5. The molecule has 0 saturated carbocycles. The van der Waals surface area contributed by atoms with Crippen LogP contribution in [0.15, 0.2) is 36.4 Å². The van der Waals surface area contributed by atoms with Gasteiger partial charge < -0.3 is 4.74 Å². The maximum Gasteiger partial charge on any atom is 0.122 e. The topological polar surface area (TPSA) is 9.23 Å². The third kappa shape index (κ3) is 5.71. The fraction of sp³-hybridized carbons (Fsp3) is 0.400. The van der Waals surface area contributed by atoms with Gasteiger partial charge in [0.2, 0.25) is 0 Å². The Morgan fingerprint density at radius 2 is 2.17 bits per heavy atom. The SMILES string of the molecule is C=C/C(F)=C\C=C(/C)OCCC. The molecule has 2 heteroatoms. The van der Waals surface area contributed by atoms with Gasteiger partial charge in [-0.1, -0.05) is 13.5 Å². The van der Waals surface area contributed by atoms with Gasteiger partial charge in [-0.25, -0.2) is 4.39 Å². The zero-order valence-corrected chi connectivity index (χ0v) is 7.64. The minimum absolute atomic E-state index is 0.352. The highest BCUT2D eigenvalue weighted by Crippen LogP contribution is 2.01. The van der Waals surface area contributed by atoms with Gasteiger partial charge in [-0.05, 0) is 31.6 Å². The molecule has 0 aliphatic carbocycles. The summed E-state index contributed by atoms with van der Waals surface area (Å²) in [5.41, 5.74) is 0. The molecule has 0 heterocycles. The predicted molar refractivity (Wildman–Crippen MR) is 49.4 cm³/mol. The molecule has 0 aromatic heterocycles. The summed E-state index contributed by atoms with van der Waals surface area (Å²) in [6, 6.07) is 0. The highest BCUT2D eigenvalue weighted by Gasteiger charge is 1.87. The lowest BCUT2D eigenvalue weighted by Gasteiger charge is -2.01. The lowest BCUT2D eigenvalue weighted by atomic mass is 10.4. The van der Waals surface area contributed by atoms with E-state index in [0.717, 1.165) is 12.5 Å². The lowest BCUT2D eigenvalue weighted by molar-refractivity contribution is 0.214. The van der Waals surface area contributed by atoms with E-state index in [1.807, 2.05) is 6.92 Å². The average molecular weight is 170 g/mol. The Bertz CT molecular complexity index is 192. The Morgan fingerprint density at radius 3 is 2.67 bits per heavy atom. The smallest absolute Gasteiger partial charge is 0.122 e. The third-order valence-corrected chi connectivity index (χ3v) is 1.21. The van der Waals surface area contributed by atoms with Crippen LogP contribution in [0, 0.1) is 0 Å². The van der Waals surface area contributed by atoms with Crippen LogP contribution in [-0.2, 0) is 4.74 Å². The Morgan fingerprint density at radius 1 is 1.50 bits per heavy atom. The molecule has 0 radical (unpaired) electrons. The van der Waals surface area contributed by atoms with E-state index in [1.165, 1.54) is 6.08 Å². The number of halogens is 1. The van der Waals surface area contributed by atoms with Crippen molar-refractivity contribution in [1.82, 2.24) is 0 Å². The molecule has 0 aliphatic heterocycles. The Kier molecular flexibility index (Phi) is 6.07. The van der Waals surface area contributed by atoms with E-state index in [-0.39, 0.29) is 5.83 Å². The highest BCUT2D eigenvalue weighted by atomic mass is 19.1. The molecule has 0 aromatic rings. The van der Waals surface area contributed by atoms with Crippen molar-refractivity contribution < 1.29 is 9.13 Å². The predicted octanol–water partition coefficient (Wildman–Crippen LogP) is 3.36. The fourth-order valence-electron chi connectivity index (χ4n) is 0.576. The summed E-state index contributed by atoms with van der Waals surface area (Å²) in [6.45, 7) is 7.78. The summed E-state index contributed by atoms with van der Waals surface area (Å²) in [6.07, 6.45) is 5.03. The van der Waals surface area contributed by atoms with Crippen LogP contribution >= 0.6 is 0 Å². The first-order valence-corrected chi connectivity index (χ1v) is 4.00. The summed E-state index contributed by atoms with van der Waals surface area (Å²) in [7, 11) is 0. The standard InChI is InChI=1S/C10H15FO/c1-4-8-12-9(3)6-7-10(11)5-2/h5-7H,2,4,8H2,1,3H3/b9-6+,10-7+. The van der Waals surface area contributed by atoms with E-state index in [9.17, 15) is 4.39 Å². The lowest BCUT2D eigenvalue weighted by Crippen LogP contribution is -1.88. The number of ether oxygens (including phenoxy) is 1. The number of hydrogen-bond donors (Lipinski definition) is 0. The number of hydrogen-bond acceptors (Lipinski definition) is 1. The molecule has 0 amide bonds. The van der Waals surface area contributed by atoms with E-state index in [0.29, 0.717) is 12.4 Å². The minimum Gasteiger partial charge on any atom is -0.498 e. The molecule has 1 nitrogen and oxygen atoms in total. The van der Waals surface area contributed by atoms with Gasteiger partial charge >= 0.3 is 0 Å². The molecule has 68 valence electrons. The zero-order valence-electron chi connectivity index (χ0n) is 7.64. The molecule has 0 fully saturated rings. The summed E-state index contributed by atoms with van der Waals surface area (Å²) in [5.74, 6) is 0.364. The van der Waals surface area contributed by atoms with Crippen molar-refractivity contribution in [1.29, 1.82) is 0 Å². The van der Waals surface area contributed by atoms with Crippen molar-refractivity contribution >= 4 is 0 Å². The number of allylic oxidation sites excluding steroid dienone is 5. The molecule has 0 aliphatic rings.